The summed E-state index contributed by atoms with van der Waals surface area (Å²) in [7, 11) is 0. The number of aliphatic hydroxyl groups is 1. The number of amides is 1. The quantitative estimate of drug-likeness (QED) is 0.832. The largest absolute Gasteiger partial charge is 0.482 e. The van der Waals surface area contributed by atoms with Crippen molar-refractivity contribution >= 4 is 11.6 Å². The lowest BCUT2D eigenvalue weighted by atomic mass is 10.0. The molecule has 0 aliphatic carbocycles. The van der Waals surface area contributed by atoms with Gasteiger partial charge in [-0.1, -0.05) is 6.07 Å². The predicted octanol–water partition coefficient (Wildman–Crippen LogP) is 0.812. The van der Waals surface area contributed by atoms with Gasteiger partial charge in [-0.2, -0.15) is 0 Å². The molecule has 18 heavy (non-hydrogen) atoms. The fourth-order valence-corrected chi connectivity index (χ4v) is 2.05. The molecule has 1 aliphatic heterocycles. The molecule has 2 atom stereocenters. The summed E-state index contributed by atoms with van der Waals surface area (Å²) < 4.78 is 5.36. The van der Waals surface area contributed by atoms with Crippen LogP contribution in [-0.2, 0) is 4.79 Å². The van der Waals surface area contributed by atoms with Crippen molar-refractivity contribution in [3.8, 4) is 5.75 Å². The first-order valence-electron chi connectivity index (χ1n) is 6.05. The molecule has 0 spiro atoms. The van der Waals surface area contributed by atoms with Crippen molar-refractivity contribution in [3.05, 3.63) is 23.8 Å². The third-order valence-electron chi connectivity index (χ3n) is 3.08. The van der Waals surface area contributed by atoms with Crippen LogP contribution >= 0.6 is 0 Å². The minimum Gasteiger partial charge on any atom is -0.482 e. The molecular weight excluding hydrogens is 232 g/mol. The van der Waals surface area contributed by atoms with Crippen LogP contribution in [0, 0.1) is 0 Å². The van der Waals surface area contributed by atoms with Gasteiger partial charge in [-0.05, 0) is 31.5 Å². The SMILES string of the molecule is CCN1C(=O)COc2ccc(C(O)C(C)N)cc21. The van der Waals surface area contributed by atoms with E-state index in [9.17, 15) is 9.90 Å². The van der Waals surface area contributed by atoms with Crippen molar-refractivity contribution in [3.63, 3.8) is 0 Å². The molecule has 0 bridgehead atoms. The van der Waals surface area contributed by atoms with E-state index in [2.05, 4.69) is 0 Å². The van der Waals surface area contributed by atoms with Gasteiger partial charge in [0, 0.05) is 12.6 Å². The molecule has 1 amide bonds. The number of likely N-dealkylation sites (N-methyl/N-ethyl adjacent to an activating group) is 1. The fraction of sp³-hybridized carbons (Fsp3) is 0.462. The Morgan fingerprint density at radius 1 is 1.56 bits per heavy atom. The number of anilines is 1. The molecule has 1 aromatic carbocycles. The number of fused-ring (bicyclic) bond motifs is 1. The van der Waals surface area contributed by atoms with Crippen LogP contribution in [0.15, 0.2) is 18.2 Å². The first-order chi connectivity index (χ1) is 8.54. The van der Waals surface area contributed by atoms with E-state index >= 15 is 0 Å². The number of aliphatic hydroxyl groups excluding tert-OH is 1. The highest BCUT2D eigenvalue weighted by Crippen LogP contribution is 2.34. The molecule has 0 fully saturated rings. The van der Waals surface area contributed by atoms with Crippen molar-refractivity contribution in [1.29, 1.82) is 0 Å². The van der Waals surface area contributed by atoms with E-state index in [0.29, 0.717) is 23.5 Å². The van der Waals surface area contributed by atoms with Gasteiger partial charge in [0.05, 0.1) is 11.8 Å². The first kappa shape index (κ1) is 12.9. The normalized spacial score (nSPS) is 18.0. The van der Waals surface area contributed by atoms with Crippen molar-refractivity contribution < 1.29 is 14.6 Å². The van der Waals surface area contributed by atoms with E-state index in [1.54, 1.807) is 30.0 Å². The summed E-state index contributed by atoms with van der Waals surface area (Å²) in [6, 6.07) is 4.95. The highest BCUT2D eigenvalue weighted by molar-refractivity contribution is 5.97. The Bertz CT molecular complexity index is 460. The van der Waals surface area contributed by atoms with Crippen LogP contribution in [0.4, 0.5) is 5.69 Å². The van der Waals surface area contributed by atoms with Crippen LogP contribution in [0.25, 0.3) is 0 Å². The van der Waals surface area contributed by atoms with Gasteiger partial charge in [0.2, 0.25) is 0 Å². The molecule has 1 heterocycles. The number of ether oxygens (including phenoxy) is 1. The number of nitrogens with two attached hydrogens (primary N) is 1. The summed E-state index contributed by atoms with van der Waals surface area (Å²) in [5, 5.41) is 9.95. The van der Waals surface area contributed by atoms with Crippen LogP contribution in [0.5, 0.6) is 5.75 Å². The molecule has 5 heteroatoms. The standard InChI is InChI=1S/C13H18N2O3/c1-3-15-10-6-9(13(17)8(2)14)4-5-11(10)18-7-12(15)16/h4-6,8,13,17H,3,7,14H2,1-2H3. The van der Waals surface area contributed by atoms with E-state index in [-0.39, 0.29) is 18.6 Å². The highest BCUT2D eigenvalue weighted by Gasteiger charge is 2.25. The molecule has 0 radical (unpaired) electrons. The lowest BCUT2D eigenvalue weighted by Crippen LogP contribution is -2.38. The highest BCUT2D eigenvalue weighted by atomic mass is 16.5. The Kier molecular flexibility index (Phi) is 3.54. The third-order valence-corrected chi connectivity index (χ3v) is 3.08. The van der Waals surface area contributed by atoms with Crippen LogP contribution < -0.4 is 15.4 Å². The Morgan fingerprint density at radius 2 is 2.28 bits per heavy atom. The van der Waals surface area contributed by atoms with Gasteiger partial charge in [-0.25, -0.2) is 0 Å². The van der Waals surface area contributed by atoms with E-state index < -0.39 is 6.10 Å². The molecule has 2 rings (SSSR count). The maximum absolute atomic E-state index is 11.7. The van der Waals surface area contributed by atoms with Crippen molar-refractivity contribution in [2.45, 2.75) is 26.0 Å². The second kappa shape index (κ2) is 4.96. The zero-order chi connectivity index (χ0) is 13.3. The molecular formula is C13H18N2O3. The Hall–Kier alpha value is -1.59. The second-order valence-corrected chi connectivity index (χ2v) is 4.46. The summed E-state index contributed by atoms with van der Waals surface area (Å²) in [6.45, 7) is 4.29. The smallest absolute Gasteiger partial charge is 0.265 e. The van der Waals surface area contributed by atoms with Crippen molar-refractivity contribution in [2.24, 2.45) is 5.73 Å². The molecule has 1 aliphatic rings. The zero-order valence-electron chi connectivity index (χ0n) is 10.6. The summed E-state index contributed by atoms with van der Waals surface area (Å²) in [4.78, 5) is 13.4. The molecule has 0 saturated carbocycles. The number of rotatable bonds is 3. The Balaban J connectivity index is 2.40. The minimum absolute atomic E-state index is 0.0655. The summed E-state index contributed by atoms with van der Waals surface area (Å²) in [5.74, 6) is 0.592. The average Bonchev–Trinajstić information content (AvgIpc) is 2.37. The lowest BCUT2D eigenvalue weighted by Gasteiger charge is -2.29. The Labute approximate surface area is 106 Å². The van der Waals surface area contributed by atoms with Crippen molar-refractivity contribution in [2.75, 3.05) is 18.1 Å². The number of carbonyl (C=O) groups is 1. The number of carbonyl (C=O) groups excluding carboxylic acids is 1. The predicted molar refractivity (Wildman–Crippen MR) is 68.6 cm³/mol. The average molecular weight is 250 g/mol. The molecule has 0 saturated heterocycles. The Morgan fingerprint density at radius 3 is 2.89 bits per heavy atom. The number of hydrogen-bond donors (Lipinski definition) is 2. The maximum atomic E-state index is 11.7. The summed E-state index contributed by atoms with van der Waals surface area (Å²) in [6.07, 6.45) is -0.744. The molecule has 98 valence electrons. The molecule has 5 nitrogen and oxygen atoms in total. The topological polar surface area (TPSA) is 75.8 Å². The summed E-state index contributed by atoms with van der Waals surface area (Å²) in [5.41, 5.74) is 7.07. The second-order valence-electron chi connectivity index (χ2n) is 4.46. The van der Waals surface area contributed by atoms with Crippen LogP contribution in [0.3, 0.4) is 0 Å². The van der Waals surface area contributed by atoms with Crippen LogP contribution in [0.1, 0.15) is 25.5 Å². The van der Waals surface area contributed by atoms with Gasteiger partial charge in [0.15, 0.2) is 6.61 Å². The number of nitrogens with zero attached hydrogens (tertiary/aromatic N) is 1. The maximum Gasteiger partial charge on any atom is 0.265 e. The van der Waals surface area contributed by atoms with Gasteiger partial charge in [-0.3, -0.25) is 4.79 Å². The van der Waals surface area contributed by atoms with Gasteiger partial charge in [0.25, 0.3) is 5.91 Å². The molecule has 2 unspecified atom stereocenters. The lowest BCUT2D eigenvalue weighted by molar-refractivity contribution is -0.121. The van der Waals surface area contributed by atoms with Crippen LogP contribution in [0.2, 0.25) is 0 Å². The van der Waals surface area contributed by atoms with E-state index in [0.717, 1.165) is 0 Å². The fourth-order valence-electron chi connectivity index (χ4n) is 2.05. The minimum atomic E-state index is -0.744. The van der Waals surface area contributed by atoms with Gasteiger partial charge < -0.3 is 20.5 Å². The van der Waals surface area contributed by atoms with E-state index in [1.807, 2.05) is 6.92 Å². The van der Waals surface area contributed by atoms with Gasteiger partial charge in [0.1, 0.15) is 5.75 Å². The molecule has 0 aromatic heterocycles. The zero-order valence-corrected chi connectivity index (χ0v) is 10.6. The summed E-state index contributed by atoms with van der Waals surface area (Å²) >= 11 is 0. The molecule has 1 aromatic rings. The number of hydrogen-bond acceptors (Lipinski definition) is 4. The van der Waals surface area contributed by atoms with E-state index in [4.69, 9.17) is 10.5 Å². The monoisotopic (exact) mass is 250 g/mol. The van der Waals surface area contributed by atoms with Crippen LogP contribution in [-0.4, -0.2) is 30.2 Å². The molecule has 3 N–H and O–H groups in total. The number of benzene rings is 1. The third kappa shape index (κ3) is 2.19. The van der Waals surface area contributed by atoms with Gasteiger partial charge >= 0.3 is 0 Å². The first-order valence-corrected chi connectivity index (χ1v) is 6.05. The van der Waals surface area contributed by atoms with E-state index in [1.165, 1.54) is 0 Å². The van der Waals surface area contributed by atoms with Gasteiger partial charge in [-0.15, -0.1) is 0 Å². The van der Waals surface area contributed by atoms with Crippen molar-refractivity contribution in [1.82, 2.24) is 0 Å².